The zero-order valence-electron chi connectivity index (χ0n) is 15.1. The van der Waals surface area contributed by atoms with Gasteiger partial charge in [-0.05, 0) is 71.6 Å². The van der Waals surface area contributed by atoms with Crippen molar-refractivity contribution >= 4 is 29.7 Å². The molecule has 0 bridgehead atoms. The first-order valence-electron chi connectivity index (χ1n) is 8.56. The van der Waals surface area contributed by atoms with Gasteiger partial charge in [0.2, 0.25) is 0 Å². The van der Waals surface area contributed by atoms with Crippen LogP contribution < -0.4 is 14.8 Å². The second-order valence-corrected chi connectivity index (χ2v) is 6.85. The number of aliphatic carboxylic acids is 1. The third kappa shape index (κ3) is 6.34. The Morgan fingerprint density at radius 2 is 1.48 bits per heavy atom. The summed E-state index contributed by atoms with van der Waals surface area (Å²) in [6.45, 7) is -0.122. The van der Waals surface area contributed by atoms with Crippen LogP contribution in [0.1, 0.15) is 0 Å². The number of halogens is 1. The topological polar surface area (TPSA) is 87.7 Å². The third-order valence-corrected chi connectivity index (χ3v) is 4.55. The van der Waals surface area contributed by atoms with E-state index < -0.39 is 12.1 Å². The second-order valence-electron chi connectivity index (χ2n) is 5.89. The fraction of sp³-hybridized carbons (Fsp3) is 0.0476. The van der Waals surface area contributed by atoms with Gasteiger partial charge in [-0.2, -0.15) is 0 Å². The van der Waals surface area contributed by atoms with E-state index in [-0.39, 0.29) is 12.4 Å². The smallest absolute Gasteiger partial charge is 0.417 e. The number of ether oxygens (including phenoxy) is 1. The van der Waals surface area contributed by atoms with Gasteiger partial charge in [0.05, 0.1) is 0 Å². The summed E-state index contributed by atoms with van der Waals surface area (Å²) in [7, 11) is 0. The first-order valence-corrected chi connectivity index (χ1v) is 9.38. The van der Waals surface area contributed by atoms with Gasteiger partial charge in [0.25, 0.3) is 0 Å². The summed E-state index contributed by atoms with van der Waals surface area (Å²) >= 11 is 1.25. The molecule has 3 N–H and O–H groups in total. The Labute approximate surface area is 170 Å². The van der Waals surface area contributed by atoms with E-state index >= 15 is 0 Å². The lowest BCUT2D eigenvalue weighted by atomic mass is 10.1. The van der Waals surface area contributed by atoms with Crippen molar-refractivity contribution in [3.8, 4) is 16.9 Å². The molecule has 0 radical (unpaired) electrons. The average Bonchev–Trinajstić information content (AvgIpc) is 2.71. The van der Waals surface area contributed by atoms with Crippen molar-refractivity contribution in [2.75, 3.05) is 11.9 Å². The number of carboxylic acid groups (broad SMARTS) is 1. The number of nitrogens with one attached hydrogen (secondary N) is 2. The molecule has 3 aromatic rings. The van der Waals surface area contributed by atoms with Gasteiger partial charge in [-0.15, -0.1) is 0 Å². The molecule has 0 saturated carbocycles. The van der Waals surface area contributed by atoms with E-state index in [2.05, 4.69) is 10.0 Å². The highest BCUT2D eigenvalue weighted by Crippen LogP contribution is 2.25. The molecule has 8 heteroatoms. The quantitative estimate of drug-likeness (QED) is 0.484. The normalized spacial score (nSPS) is 10.4. The number of carbonyl (C=O) groups excluding carboxylic acids is 1. The second kappa shape index (κ2) is 9.72. The van der Waals surface area contributed by atoms with Crippen LogP contribution in [-0.2, 0) is 4.79 Å². The van der Waals surface area contributed by atoms with Gasteiger partial charge in [-0.3, -0.25) is 10.1 Å². The number of carboxylic acids is 1. The fourth-order valence-electron chi connectivity index (χ4n) is 2.40. The Morgan fingerprint density at radius 3 is 2.07 bits per heavy atom. The van der Waals surface area contributed by atoms with Crippen molar-refractivity contribution in [3.05, 3.63) is 78.6 Å². The number of rotatable bonds is 7. The largest absolute Gasteiger partial charge is 0.480 e. The van der Waals surface area contributed by atoms with Crippen LogP contribution in [0, 0.1) is 5.82 Å². The van der Waals surface area contributed by atoms with Gasteiger partial charge in [-0.25, -0.2) is 13.9 Å². The minimum atomic E-state index is -0.914. The van der Waals surface area contributed by atoms with E-state index in [4.69, 9.17) is 9.84 Å². The summed E-state index contributed by atoms with van der Waals surface area (Å²) in [5.41, 5.74) is 2.34. The molecule has 6 nitrogen and oxygen atoms in total. The highest BCUT2D eigenvalue weighted by atomic mass is 32.2. The fourth-order valence-corrected chi connectivity index (χ4v) is 3.03. The van der Waals surface area contributed by atoms with Crippen LogP contribution in [0.3, 0.4) is 0 Å². The molecular formula is C21H17FN2O4S. The summed E-state index contributed by atoms with van der Waals surface area (Å²) in [4.78, 5) is 23.3. The van der Waals surface area contributed by atoms with Gasteiger partial charge in [0.1, 0.15) is 18.1 Å². The zero-order chi connectivity index (χ0) is 20.6. The van der Waals surface area contributed by atoms with Crippen molar-refractivity contribution in [2.24, 2.45) is 0 Å². The van der Waals surface area contributed by atoms with Crippen LogP contribution in [0.4, 0.5) is 14.9 Å². The average molecular weight is 412 g/mol. The highest BCUT2D eigenvalue weighted by Gasteiger charge is 2.06. The number of amides is 1. The van der Waals surface area contributed by atoms with E-state index in [1.54, 1.807) is 12.1 Å². The molecule has 0 atom stereocenters. The molecule has 0 aliphatic heterocycles. The standard InChI is InChI=1S/C21H17FN2O4S/c22-16-5-7-17(8-6-16)24-21(27)28-18-9-1-14(2-10-18)15-3-11-19(12-4-15)29-23-13-20(25)26/h1-12,23H,13H2,(H,24,27)(H,25,26). The van der Waals surface area contributed by atoms with Crippen molar-refractivity contribution in [1.29, 1.82) is 0 Å². The van der Waals surface area contributed by atoms with E-state index in [0.717, 1.165) is 16.0 Å². The predicted octanol–water partition coefficient (Wildman–Crippen LogP) is 4.78. The Morgan fingerprint density at radius 1 is 0.897 bits per heavy atom. The maximum atomic E-state index is 12.9. The van der Waals surface area contributed by atoms with Gasteiger partial charge in [0.15, 0.2) is 0 Å². The summed E-state index contributed by atoms with van der Waals surface area (Å²) in [6, 6.07) is 20.0. The Hall–Kier alpha value is -3.36. The van der Waals surface area contributed by atoms with Crippen LogP contribution in [-0.4, -0.2) is 23.7 Å². The minimum absolute atomic E-state index is 0.122. The predicted molar refractivity (Wildman–Crippen MR) is 109 cm³/mol. The molecule has 0 saturated heterocycles. The van der Waals surface area contributed by atoms with E-state index in [1.165, 1.54) is 36.2 Å². The molecule has 1 amide bonds. The molecular weight excluding hydrogens is 395 g/mol. The number of benzene rings is 3. The van der Waals surface area contributed by atoms with Crippen molar-refractivity contribution in [3.63, 3.8) is 0 Å². The Bertz CT molecular complexity index is 977. The van der Waals surface area contributed by atoms with E-state index in [1.807, 2.05) is 36.4 Å². The van der Waals surface area contributed by atoms with Crippen molar-refractivity contribution in [2.45, 2.75) is 4.90 Å². The molecule has 0 aliphatic carbocycles. The summed E-state index contributed by atoms with van der Waals surface area (Å²) < 4.78 is 20.9. The SMILES string of the molecule is O=C(O)CNSc1ccc(-c2ccc(OC(=O)Nc3ccc(F)cc3)cc2)cc1. The van der Waals surface area contributed by atoms with Crippen LogP contribution in [0.25, 0.3) is 11.1 Å². The lowest BCUT2D eigenvalue weighted by Crippen LogP contribution is -2.16. The molecule has 29 heavy (non-hydrogen) atoms. The molecule has 3 aromatic carbocycles. The van der Waals surface area contributed by atoms with Gasteiger partial charge >= 0.3 is 12.1 Å². The van der Waals surface area contributed by atoms with Crippen LogP contribution in [0.5, 0.6) is 5.75 Å². The third-order valence-electron chi connectivity index (χ3n) is 3.76. The van der Waals surface area contributed by atoms with Crippen molar-refractivity contribution < 1.29 is 23.8 Å². The van der Waals surface area contributed by atoms with Crippen LogP contribution in [0.2, 0.25) is 0 Å². The molecule has 0 aromatic heterocycles. The first kappa shape index (κ1) is 20.4. The number of anilines is 1. The molecule has 0 spiro atoms. The number of hydrogen-bond acceptors (Lipinski definition) is 5. The van der Waals surface area contributed by atoms with Gasteiger partial charge in [-0.1, -0.05) is 24.3 Å². The maximum Gasteiger partial charge on any atom is 0.417 e. The van der Waals surface area contributed by atoms with Gasteiger partial charge in [0, 0.05) is 10.6 Å². The highest BCUT2D eigenvalue weighted by molar-refractivity contribution is 7.97. The summed E-state index contributed by atoms with van der Waals surface area (Å²) in [6.07, 6.45) is -0.667. The molecule has 0 heterocycles. The summed E-state index contributed by atoms with van der Waals surface area (Å²) in [5, 5.41) is 11.1. The lowest BCUT2D eigenvalue weighted by molar-refractivity contribution is -0.135. The van der Waals surface area contributed by atoms with Crippen LogP contribution in [0.15, 0.2) is 77.7 Å². The molecule has 148 valence electrons. The van der Waals surface area contributed by atoms with Crippen molar-refractivity contribution in [1.82, 2.24) is 4.72 Å². The monoisotopic (exact) mass is 412 g/mol. The number of hydrogen-bond donors (Lipinski definition) is 3. The van der Waals surface area contributed by atoms with E-state index in [9.17, 15) is 14.0 Å². The zero-order valence-corrected chi connectivity index (χ0v) is 15.9. The molecule has 0 fully saturated rings. The molecule has 0 unspecified atom stereocenters. The minimum Gasteiger partial charge on any atom is -0.480 e. The van der Waals surface area contributed by atoms with E-state index in [0.29, 0.717) is 11.4 Å². The molecule has 3 rings (SSSR count). The first-order chi connectivity index (χ1) is 14.0. The Kier molecular flexibility index (Phi) is 6.83. The summed E-state index contributed by atoms with van der Waals surface area (Å²) in [5.74, 6) is -0.927. The molecule has 0 aliphatic rings. The van der Waals surface area contributed by atoms with Crippen LogP contribution >= 0.6 is 11.9 Å². The van der Waals surface area contributed by atoms with Gasteiger partial charge < -0.3 is 9.84 Å². The lowest BCUT2D eigenvalue weighted by Gasteiger charge is -2.08. The maximum absolute atomic E-state index is 12.9. The Balaban J connectivity index is 1.56. The number of carbonyl (C=O) groups is 2.